The van der Waals surface area contributed by atoms with Crippen LogP contribution in [0.4, 0.5) is 5.69 Å². The first-order valence-electron chi connectivity index (χ1n) is 12.5. The maximum absolute atomic E-state index is 12.2. The van der Waals surface area contributed by atoms with Crippen LogP contribution < -0.4 is 15.4 Å². The second kappa shape index (κ2) is 12.6. The molecule has 0 aliphatic heterocycles. The second-order valence-corrected chi connectivity index (χ2v) is 8.81. The van der Waals surface area contributed by atoms with Gasteiger partial charge in [-0.05, 0) is 48.9 Å². The molecule has 1 atom stereocenters. The Bertz CT molecular complexity index is 1280. The summed E-state index contributed by atoms with van der Waals surface area (Å²) in [4.78, 5) is 27.2. The molecule has 0 spiro atoms. The maximum atomic E-state index is 12.2. The fourth-order valence-corrected chi connectivity index (χ4v) is 3.91. The number of benzene rings is 2. The van der Waals surface area contributed by atoms with Gasteiger partial charge in [-0.3, -0.25) is 9.59 Å². The maximum Gasteiger partial charge on any atom is 0.305 e. The van der Waals surface area contributed by atoms with Crippen LogP contribution in [0.5, 0.6) is 5.88 Å². The largest absolute Gasteiger partial charge is 0.481 e. The van der Waals surface area contributed by atoms with Crippen molar-refractivity contribution in [2.75, 3.05) is 18.5 Å². The van der Waals surface area contributed by atoms with Crippen molar-refractivity contribution in [2.45, 2.75) is 38.6 Å². The number of para-hydroxylation sites is 1. The molecule has 2 aromatic heterocycles. The molecule has 4 aromatic rings. The summed E-state index contributed by atoms with van der Waals surface area (Å²) in [5.41, 5.74) is 3.08. The zero-order valence-corrected chi connectivity index (χ0v) is 20.8. The van der Waals surface area contributed by atoms with E-state index in [2.05, 4.69) is 22.5 Å². The van der Waals surface area contributed by atoms with Crippen molar-refractivity contribution in [1.29, 1.82) is 0 Å². The smallest absolute Gasteiger partial charge is 0.305 e. The average Bonchev–Trinajstić information content (AvgIpc) is 3.35. The van der Waals surface area contributed by atoms with Gasteiger partial charge in [0, 0.05) is 41.0 Å². The topological polar surface area (TPSA) is 114 Å². The molecule has 0 saturated carbocycles. The van der Waals surface area contributed by atoms with Crippen LogP contribution >= 0.6 is 0 Å². The van der Waals surface area contributed by atoms with Crippen LogP contribution in [0.15, 0.2) is 77.3 Å². The predicted octanol–water partition coefficient (Wildman–Crippen LogP) is 5.75. The molecule has 2 aromatic carbocycles. The first-order chi connectivity index (χ1) is 18.0. The summed E-state index contributed by atoms with van der Waals surface area (Å²) < 4.78 is 11.9. The Morgan fingerprint density at radius 2 is 1.89 bits per heavy atom. The first-order valence-corrected chi connectivity index (χ1v) is 12.5. The lowest BCUT2D eigenvalue weighted by atomic mass is 10.1. The number of hydrogen-bond donors (Lipinski definition) is 3. The summed E-state index contributed by atoms with van der Waals surface area (Å²) in [7, 11) is 0. The number of carboxylic acid groups (broad SMARTS) is 1. The standard InChI is InChI=1S/C29H31N3O5/c1-2-3-7-24(32-23-12-9-20(10-13-23)29(35)30-16-15-28(33)34)19-36-27-14-11-22(18-31-27)26-17-21-6-4-5-8-25(21)37-26/h4-6,8-14,17-18,24,32H,2-3,7,15-16,19H2,1H3,(H,30,35)(H,33,34)/t24-/m0/s1. The third-order valence-corrected chi connectivity index (χ3v) is 5.93. The highest BCUT2D eigenvalue weighted by Crippen LogP contribution is 2.28. The zero-order chi connectivity index (χ0) is 26.0. The Labute approximate surface area is 215 Å². The van der Waals surface area contributed by atoms with Gasteiger partial charge in [0.05, 0.1) is 12.5 Å². The predicted molar refractivity (Wildman–Crippen MR) is 143 cm³/mol. The molecule has 192 valence electrons. The fraction of sp³-hybridized carbons (Fsp3) is 0.276. The fourth-order valence-electron chi connectivity index (χ4n) is 3.91. The number of hydrogen-bond acceptors (Lipinski definition) is 6. The minimum Gasteiger partial charge on any atom is -0.481 e. The van der Waals surface area contributed by atoms with Gasteiger partial charge in [0.25, 0.3) is 5.91 Å². The van der Waals surface area contributed by atoms with E-state index >= 15 is 0 Å². The number of anilines is 1. The summed E-state index contributed by atoms with van der Waals surface area (Å²) in [6.07, 6.45) is 4.68. The van der Waals surface area contributed by atoms with E-state index in [9.17, 15) is 9.59 Å². The van der Waals surface area contributed by atoms with Crippen LogP contribution in [0.3, 0.4) is 0 Å². The van der Waals surface area contributed by atoms with E-state index in [1.54, 1.807) is 18.3 Å². The SMILES string of the molecule is CCCC[C@@H](COc1ccc(-c2cc3ccccc3o2)cn1)Nc1ccc(C(=O)NCCC(=O)O)cc1. The van der Waals surface area contributed by atoms with Gasteiger partial charge < -0.3 is 24.9 Å². The zero-order valence-electron chi connectivity index (χ0n) is 20.8. The number of carboxylic acids is 1. The summed E-state index contributed by atoms with van der Waals surface area (Å²) in [6.45, 7) is 2.68. The van der Waals surface area contributed by atoms with Crippen molar-refractivity contribution in [3.63, 3.8) is 0 Å². The molecule has 0 saturated heterocycles. The van der Waals surface area contributed by atoms with Crippen LogP contribution in [0.2, 0.25) is 0 Å². The van der Waals surface area contributed by atoms with Gasteiger partial charge >= 0.3 is 5.97 Å². The van der Waals surface area contributed by atoms with E-state index in [1.165, 1.54) is 0 Å². The van der Waals surface area contributed by atoms with Crippen molar-refractivity contribution in [2.24, 2.45) is 0 Å². The van der Waals surface area contributed by atoms with Crippen molar-refractivity contribution in [3.8, 4) is 17.2 Å². The molecule has 8 heteroatoms. The number of nitrogens with one attached hydrogen (secondary N) is 2. The Kier molecular flexibility index (Phi) is 8.75. The van der Waals surface area contributed by atoms with Gasteiger partial charge in [-0.1, -0.05) is 38.0 Å². The number of pyridine rings is 1. The van der Waals surface area contributed by atoms with Crippen LogP contribution in [-0.2, 0) is 4.79 Å². The molecule has 0 unspecified atom stereocenters. The van der Waals surface area contributed by atoms with Crippen molar-refractivity contribution >= 4 is 28.5 Å². The average molecular weight is 502 g/mol. The van der Waals surface area contributed by atoms with Crippen LogP contribution in [-0.4, -0.2) is 41.2 Å². The van der Waals surface area contributed by atoms with Gasteiger partial charge in [0.15, 0.2) is 0 Å². The quantitative estimate of drug-likeness (QED) is 0.214. The van der Waals surface area contributed by atoms with Gasteiger partial charge in [0.1, 0.15) is 18.0 Å². The normalized spacial score (nSPS) is 11.7. The molecule has 2 heterocycles. The third kappa shape index (κ3) is 7.33. The molecule has 8 nitrogen and oxygen atoms in total. The number of unbranched alkanes of at least 4 members (excludes halogenated alkanes) is 1. The number of ether oxygens (including phenoxy) is 1. The lowest BCUT2D eigenvalue weighted by Gasteiger charge is -2.20. The van der Waals surface area contributed by atoms with Gasteiger partial charge in [-0.15, -0.1) is 0 Å². The van der Waals surface area contributed by atoms with Crippen LogP contribution in [0, 0.1) is 0 Å². The molecular formula is C29H31N3O5. The van der Waals surface area contributed by atoms with E-state index in [0.717, 1.165) is 47.2 Å². The highest BCUT2D eigenvalue weighted by atomic mass is 16.5. The summed E-state index contributed by atoms with van der Waals surface area (Å²) in [5.74, 6) is 0.0617. The molecule has 0 aliphatic carbocycles. The number of carbonyl (C=O) groups excluding carboxylic acids is 1. The molecule has 3 N–H and O–H groups in total. The van der Waals surface area contributed by atoms with Crippen molar-refractivity contribution in [3.05, 3.63) is 78.5 Å². The number of fused-ring (bicyclic) bond motifs is 1. The van der Waals surface area contributed by atoms with Crippen molar-refractivity contribution < 1.29 is 23.8 Å². The van der Waals surface area contributed by atoms with E-state index in [4.69, 9.17) is 14.3 Å². The van der Waals surface area contributed by atoms with Crippen molar-refractivity contribution in [1.82, 2.24) is 10.3 Å². The molecule has 0 bridgehead atoms. The van der Waals surface area contributed by atoms with Gasteiger partial charge in [0.2, 0.25) is 5.88 Å². The summed E-state index contributed by atoms with van der Waals surface area (Å²) in [6, 6.07) is 20.8. The lowest BCUT2D eigenvalue weighted by Crippen LogP contribution is -2.28. The van der Waals surface area contributed by atoms with Crippen LogP contribution in [0.25, 0.3) is 22.3 Å². The summed E-state index contributed by atoms with van der Waals surface area (Å²) in [5, 5.41) is 15.8. The number of furan rings is 1. The highest BCUT2D eigenvalue weighted by molar-refractivity contribution is 5.94. The Morgan fingerprint density at radius 1 is 1.08 bits per heavy atom. The van der Waals surface area contributed by atoms with E-state index in [0.29, 0.717) is 18.1 Å². The Morgan fingerprint density at radius 3 is 2.59 bits per heavy atom. The molecule has 0 radical (unpaired) electrons. The van der Waals surface area contributed by atoms with Gasteiger partial charge in [-0.2, -0.15) is 0 Å². The monoisotopic (exact) mass is 501 g/mol. The van der Waals surface area contributed by atoms with E-state index < -0.39 is 5.97 Å². The van der Waals surface area contributed by atoms with Gasteiger partial charge in [-0.25, -0.2) is 4.98 Å². The van der Waals surface area contributed by atoms with Crippen LogP contribution in [0.1, 0.15) is 43.0 Å². The minimum atomic E-state index is -0.947. The first kappa shape index (κ1) is 25.8. The molecule has 1 amide bonds. The number of aliphatic carboxylic acids is 1. The molecule has 4 rings (SSSR count). The second-order valence-electron chi connectivity index (χ2n) is 8.81. The van der Waals surface area contributed by atoms with E-state index in [-0.39, 0.29) is 24.9 Å². The Balaban J connectivity index is 1.33. The lowest BCUT2D eigenvalue weighted by molar-refractivity contribution is -0.136. The number of nitrogens with zero attached hydrogens (tertiary/aromatic N) is 1. The highest BCUT2D eigenvalue weighted by Gasteiger charge is 2.12. The molecule has 0 aliphatic rings. The third-order valence-electron chi connectivity index (χ3n) is 5.93. The molecular weight excluding hydrogens is 470 g/mol. The summed E-state index contributed by atoms with van der Waals surface area (Å²) >= 11 is 0. The Hall–Kier alpha value is -4.33. The molecule has 0 fully saturated rings. The number of carbonyl (C=O) groups is 2. The number of aromatic nitrogens is 1. The van der Waals surface area contributed by atoms with E-state index in [1.807, 2.05) is 54.6 Å². The minimum absolute atomic E-state index is 0.0621. The number of amides is 1. The molecule has 37 heavy (non-hydrogen) atoms. The number of rotatable bonds is 13.